The first kappa shape index (κ1) is 19.6. The van der Waals surface area contributed by atoms with Crippen LogP contribution in [0.1, 0.15) is 15.9 Å². The number of nitrogens with two attached hydrogens (primary N) is 1. The summed E-state index contributed by atoms with van der Waals surface area (Å²) in [5.41, 5.74) is 8.78. The Morgan fingerprint density at radius 3 is 2.25 bits per heavy atom. The molecule has 0 radical (unpaired) electrons. The molecule has 0 aliphatic carbocycles. The minimum atomic E-state index is -0.431. The van der Waals surface area contributed by atoms with Crippen LogP contribution >= 0.6 is 0 Å². The molecule has 0 aliphatic rings. The molecule has 5 heteroatoms. The number of amides is 1. The zero-order valence-corrected chi connectivity index (χ0v) is 15.5. The van der Waals surface area contributed by atoms with Gasteiger partial charge < -0.3 is 15.8 Å². The van der Waals surface area contributed by atoms with E-state index in [1.807, 2.05) is 42.5 Å². The third-order valence-electron chi connectivity index (χ3n) is 4.38. The Labute approximate surface area is 164 Å². The predicted octanol–water partition coefficient (Wildman–Crippen LogP) is 3.80. The summed E-state index contributed by atoms with van der Waals surface area (Å²) < 4.78 is 18.8. The van der Waals surface area contributed by atoms with Crippen LogP contribution in [0.15, 0.2) is 72.8 Å². The summed E-state index contributed by atoms with van der Waals surface area (Å²) in [6.45, 7) is 2.04. The third-order valence-corrected chi connectivity index (χ3v) is 4.38. The largest absolute Gasteiger partial charge is 0.492 e. The Balaban J connectivity index is 1.40. The van der Waals surface area contributed by atoms with Crippen molar-refractivity contribution >= 4 is 5.91 Å². The van der Waals surface area contributed by atoms with Crippen LogP contribution in [0.25, 0.3) is 11.1 Å². The number of hydrogen-bond donors (Lipinski definition) is 2. The first-order chi connectivity index (χ1) is 13.6. The molecule has 3 aromatic rings. The molecule has 0 atom stereocenters. The molecule has 3 rings (SSSR count). The van der Waals surface area contributed by atoms with E-state index in [2.05, 4.69) is 5.32 Å². The molecule has 0 aliphatic heterocycles. The summed E-state index contributed by atoms with van der Waals surface area (Å²) in [4.78, 5) is 11.1. The maximum absolute atomic E-state index is 13.1. The number of hydrogen-bond acceptors (Lipinski definition) is 3. The maximum Gasteiger partial charge on any atom is 0.248 e. The van der Waals surface area contributed by atoms with Crippen LogP contribution in [0, 0.1) is 5.82 Å². The zero-order valence-electron chi connectivity index (χ0n) is 15.5. The van der Waals surface area contributed by atoms with Gasteiger partial charge in [-0.15, -0.1) is 0 Å². The number of carbonyl (C=O) groups is 1. The van der Waals surface area contributed by atoms with Crippen molar-refractivity contribution in [2.45, 2.75) is 6.42 Å². The van der Waals surface area contributed by atoms with Gasteiger partial charge in [0.2, 0.25) is 5.91 Å². The Morgan fingerprint density at radius 2 is 1.61 bits per heavy atom. The summed E-state index contributed by atoms with van der Waals surface area (Å²) in [7, 11) is 0. The van der Waals surface area contributed by atoms with Crippen molar-refractivity contribution in [2.75, 3.05) is 19.7 Å². The maximum atomic E-state index is 13.1. The summed E-state index contributed by atoms with van der Waals surface area (Å²) in [5.74, 6) is 0.164. The van der Waals surface area contributed by atoms with Crippen LogP contribution < -0.4 is 15.8 Å². The number of primary amides is 1. The van der Waals surface area contributed by atoms with Crippen LogP contribution in [0.5, 0.6) is 5.75 Å². The van der Waals surface area contributed by atoms with Crippen molar-refractivity contribution in [3.63, 3.8) is 0 Å². The fourth-order valence-electron chi connectivity index (χ4n) is 2.86. The predicted molar refractivity (Wildman–Crippen MR) is 109 cm³/mol. The Bertz CT molecular complexity index is 909. The van der Waals surface area contributed by atoms with Gasteiger partial charge in [0.25, 0.3) is 0 Å². The Kier molecular flexibility index (Phi) is 6.76. The summed E-state index contributed by atoms with van der Waals surface area (Å²) in [6.07, 6.45) is 0.779. The summed E-state index contributed by atoms with van der Waals surface area (Å²) in [6, 6.07) is 21.6. The van der Waals surface area contributed by atoms with E-state index >= 15 is 0 Å². The first-order valence-corrected chi connectivity index (χ1v) is 9.20. The lowest BCUT2D eigenvalue weighted by molar-refractivity contribution is 0.100. The lowest BCUT2D eigenvalue weighted by Crippen LogP contribution is -2.23. The van der Waals surface area contributed by atoms with E-state index in [0.717, 1.165) is 35.4 Å². The highest BCUT2D eigenvalue weighted by molar-refractivity contribution is 5.93. The summed E-state index contributed by atoms with van der Waals surface area (Å²) >= 11 is 0. The van der Waals surface area contributed by atoms with Gasteiger partial charge in [0, 0.05) is 12.1 Å². The molecular weight excluding hydrogens is 355 g/mol. The van der Waals surface area contributed by atoms with Crippen LogP contribution in [0.2, 0.25) is 0 Å². The van der Waals surface area contributed by atoms with E-state index in [-0.39, 0.29) is 5.82 Å². The Hall–Kier alpha value is -3.18. The number of ether oxygens (including phenoxy) is 1. The molecule has 0 aromatic heterocycles. The normalized spacial score (nSPS) is 10.6. The van der Waals surface area contributed by atoms with Gasteiger partial charge in [0.05, 0.1) is 0 Å². The number of rotatable bonds is 9. The minimum absolute atomic E-state index is 0.201. The molecule has 0 fully saturated rings. The van der Waals surface area contributed by atoms with Crippen molar-refractivity contribution in [1.82, 2.24) is 5.32 Å². The molecule has 0 unspecified atom stereocenters. The number of benzene rings is 3. The van der Waals surface area contributed by atoms with Crippen molar-refractivity contribution in [1.29, 1.82) is 0 Å². The lowest BCUT2D eigenvalue weighted by Gasteiger charge is -2.09. The van der Waals surface area contributed by atoms with E-state index < -0.39 is 5.91 Å². The van der Waals surface area contributed by atoms with E-state index in [4.69, 9.17) is 10.5 Å². The fraction of sp³-hybridized carbons (Fsp3) is 0.174. The Morgan fingerprint density at radius 1 is 0.929 bits per heavy atom. The molecule has 0 spiro atoms. The van der Waals surface area contributed by atoms with Crippen LogP contribution in [0.4, 0.5) is 4.39 Å². The second-order valence-electron chi connectivity index (χ2n) is 6.44. The standard InChI is InChI=1S/C23H23FN2O2/c24-21-3-1-2-17(16-21)12-13-26-14-15-28-22-10-8-19(9-11-22)18-4-6-20(7-5-18)23(25)27/h1-11,16,26H,12-15H2,(H2,25,27). The molecule has 144 valence electrons. The molecule has 4 nitrogen and oxygen atoms in total. The smallest absolute Gasteiger partial charge is 0.248 e. The van der Waals surface area contributed by atoms with E-state index in [9.17, 15) is 9.18 Å². The molecular formula is C23H23FN2O2. The summed E-state index contributed by atoms with van der Waals surface area (Å²) in [5, 5.41) is 3.29. The molecule has 0 saturated carbocycles. The quantitative estimate of drug-likeness (QED) is 0.557. The monoisotopic (exact) mass is 378 g/mol. The van der Waals surface area contributed by atoms with Gasteiger partial charge in [-0.25, -0.2) is 4.39 Å². The fourth-order valence-corrected chi connectivity index (χ4v) is 2.86. The second kappa shape index (κ2) is 9.67. The van der Waals surface area contributed by atoms with Gasteiger partial charge in [0.1, 0.15) is 18.2 Å². The van der Waals surface area contributed by atoms with E-state index in [1.54, 1.807) is 24.3 Å². The topological polar surface area (TPSA) is 64.4 Å². The lowest BCUT2D eigenvalue weighted by atomic mass is 10.0. The molecule has 0 heterocycles. The molecule has 1 amide bonds. The minimum Gasteiger partial charge on any atom is -0.492 e. The van der Waals surface area contributed by atoms with Gasteiger partial charge in [-0.1, -0.05) is 36.4 Å². The van der Waals surface area contributed by atoms with Crippen molar-refractivity contribution in [3.05, 3.63) is 89.7 Å². The van der Waals surface area contributed by atoms with Crippen molar-refractivity contribution < 1.29 is 13.9 Å². The van der Waals surface area contributed by atoms with Crippen molar-refractivity contribution in [3.8, 4) is 16.9 Å². The average molecular weight is 378 g/mol. The van der Waals surface area contributed by atoms with Gasteiger partial charge in [-0.05, 0) is 66.1 Å². The third kappa shape index (κ3) is 5.66. The van der Waals surface area contributed by atoms with E-state index in [0.29, 0.717) is 18.7 Å². The average Bonchev–Trinajstić information content (AvgIpc) is 2.71. The van der Waals surface area contributed by atoms with Crippen LogP contribution in [0.3, 0.4) is 0 Å². The number of carbonyl (C=O) groups excluding carboxylic acids is 1. The van der Waals surface area contributed by atoms with Gasteiger partial charge in [-0.2, -0.15) is 0 Å². The first-order valence-electron chi connectivity index (χ1n) is 9.20. The number of nitrogens with one attached hydrogen (secondary N) is 1. The van der Waals surface area contributed by atoms with E-state index in [1.165, 1.54) is 6.07 Å². The van der Waals surface area contributed by atoms with Crippen molar-refractivity contribution in [2.24, 2.45) is 5.73 Å². The van der Waals surface area contributed by atoms with Crippen LogP contribution in [-0.2, 0) is 6.42 Å². The molecule has 0 bridgehead atoms. The van der Waals surface area contributed by atoms with Gasteiger partial charge in [-0.3, -0.25) is 4.79 Å². The molecule has 0 saturated heterocycles. The van der Waals surface area contributed by atoms with Crippen LogP contribution in [-0.4, -0.2) is 25.6 Å². The molecule has 3 aromatic carbocycles. The zero-order chi connectivity index (χ0) is 19.8. The highest BCUT2D eigenvalue weighted by atomic mass is 19.1. The second-order valence-corrected chi connectivity index (χ2v) is 6.44. The number of halogens is 1. The van der Waals surface area contributed by atoms with Gasteiger partial charge >= 0.3 is 0 Å². The van der Waals surface area contributed by atoms with Gasteiger partial charge in [0.15, 0.2) is 0 Å². The SMILES string of the molecule is NC(=O)c1ccc(-c2ccc(OCCNCCc3cccc(F)c3)cc2)cc1. The molecule has 3 N–H and O–H groups in total. The molecule has 28 heavy (non-hydrogen) atoms. The highest BCUT2D eigenvalue weighted by Crippen LogP contribution is 2.22. The highest BCUT2D eigenvalue weighted by Gasteiger charge is 2.02.